The summed E-state index contributed by atoms with van der Waals surface area (Å²) in [7, 11) is 0. The van der Waals surface area contributed by atoms with Gasteiger partial charge in [-0.15, -0.1) is 0 Å². The molecule has 0 amide bonds. The van der Waals surface area contributed by atoms with Gasteiger partial charge in [0.25, 0.3) is 5.56 Å². The summed E-state index contributed by atoms with van der Waals surface area (Å²) in [6.45, 7) is 0.132. The van der Waals surface area contributed by atoms with E-state index in [4.69, 9.17) is 21.3 Å². The Hall–Kier alpha value is -3.56. The van der Waals surface area contributed by atoms with E-state index in [-0.39, 0.29) is 29.5 Å². The molecule has 0 spiro atoms. The molecule has 1 aliphatic carbocycles. The van der Waals surface area contributed by atoms with Crippen LogP contribution in [-0.4, -0.2) is 20.8 Å². The lowest BCUT2D eigenvalue weighted by atomic mass is 9.88. The Labute approximate surface area is 232 Å². The maximum Gasteiger partial charge on any atom is 0.312 e. The Kier molecular flexibility index (Phi) is 7.85. The van der Waals surface area contributed by atoms with Gasteiger partial charge >= 0.3 is 5.69 Å². The first-order valence-electron chi connectivity index (χ1n) is 12.3. The summed E-state index contributed by atoms with van der Waals surface area (Å²) in [5, 5.41) is 17.5. The van der Waals surface area contributed by atoms with E-state index in [1.54, 1.807) is 42.5 Å². The molecule has 4 aromatic rings. The second-order valence-electron chi connectivity index (χ2n) is 9.21. The number of fused-ring (bicyclic) bond motifs is 1. The Morgan fingerprint density at radius 3 is 2.61 bits per heavy atom. The molecule has 0 unspecified atom stereocenters. The number of rotatable bonds is 7. The van der Waals surface area contributed by atoms with Crippen molar-refractivity contribution in [2.24, 2.45) is 5.10 Å². The number of halogens is 2. The second-order valence-corrected chi connectivity index (χ2v) is 10.5. The summed E-state index contributed by atoms with van der Waals surface area (Å²) in [5.74, 6) is 0.860. The minimum Gasteiger partial charge on any atom is -0.481 e. The largest absolute Gasteiger partial charge is 0.481 e. The number of nitro groups is 1. The highest BCUT2D eigenvalue weighted by molar-refractivity contribution is 9.10. The van der Waals surface area contributed by atoms with Crippen LogP contribution in [0.2, 0.25) is 5.02 Å². The monoisotopic (exact) mass is 594 g/mol. The van der Waals surface area contributed by atoms with Crippen LogP contribution in [0.3, 0.4) is 0 Å². The Morgan fingerprint density at radius 1 is 1.13 bits per heavy atom. The summed E-state index contributed by atoms with van der Waals surface area (Å²) in [6, 6.07) is 17.3. The molecule has 0 radical (unpaired) electrons. The Bertz CT molecular complexity index is 1580. The zero-order chi connectivity index (χ0) is 26.6. The van der Waals surface area contributed by atoms with Crippen LogP contribution in [0.4, 0.5) is 5.69 Å². The van der Waals surface area contributed by atoms with Crippen molar-refractivity contribution in [1.29, 1.82) is 0 Å². The van der Waals surface area contributed by atoms with Crippen LogP contribution in [0.5, 0.6) is 5.75 Å². The SMILES string of the molecule is O=c1c2ccccc2nc(C2CCCCC2)n1N=Cc1cc(Br)c(OCc2ccc(Cl)cc2)c([N+](=O)[O-])c1. The number of para-hydroxylation sites is 1. The van der Waals surface area contributed by atoms with Gasteiger partial charge in [-0.3, -0.25) is 14.9 Å². The average Bonchev–Trinajstić information content (AvgIpc) is 2.93. The van der Waals surface area contributed by atoms with Crippen LogP contribution >= 0.6 is 27.5 Å². The lowest BCUT2D eigenvalue weighted by molar-refractivity contribution is -0.386. The predicted molar refractivity (Wildman–Crippen MR) is 151 cm³/mol. The smallest absolute Gasteiger partial charge is 0.312 e. The molecule has 10 heteroatoms. The maximum absolute atomic E-state index is 13.4. The molecule has 3 aromatic carbocycles. The highest BCUT2D eigenvalue weighted by Crippen LogP contribution is 2.37. The van der Waals surface area contributed by atoms with Gasteiger partial charge < -0.3 is 4.74 Å². The zero-order valence-electron chi connectivity index (χ0n) is 20.3. The van der Waals surface area contributed by atoms with Crippen molar-refractivity contribution in [3.05, 3.63) is 108 Å². The molecular formula is C28H24BrClN4O4. The van der Waals surface area contributed by atoms with E-state index in [0.29, 0.717) is 31.8 Å². The summed E-state index contributed by atoms with van der Waals surface area (Å²) < 4.78 is 7.55. The topological polar surface area (TPSA) is 99.6 Å². The molecule has 38 heavy (non-hydrogen) atoms. The molecule has 0 N–H and O–H groups in total. The number of ether oxygens (including phenoxy) is 1. The third kappa shape index (κ3) is 5.63. The number of nitro benzene ring substituents is 1. The fraction of sp³-hybridized carbons (Fsp3) is 0.250. The molecule has 1 fully saturated rings. The van der Waals surface area contributed by atoms with Crippen molar-refractivity contribution in [3.8, 4) is 5.75 Å². The molecule has 8 nitrogen and oxygen atoms in total. The number of nitrogens with zero attached hydrogens (tertiary/aromatic N) is 4. The summed E-state index contributed by atoms with van der Waals surface area (Å²) >= 11 is 9.34. The average molecular weight is 596 g/mol. The normalized spacial score (nSPS) is 14.3. The van der Waals surface area contributed by atoms with Crippen LogP contribution in [0, 0.1) is 10.1 Å². The van der Waals surface area contributed by atoms with Crippen LogP contribution in [0.15, 0.2) is 75.0 Å². The van der Waals surface area contributed by atoms with Crippen LogP contribution in [0.25, 0.3) is 10.9 Å². The molecule has 0 aliphatic heterocycles. The van der Waals surface area contributed by atoms with Crippen molar-refractivity contribution in [2.75, 3.05) is 0 Å². The van der Waals surface area contributed by atoms with E-state index in [2.05, 4.69) is 21.0 Å². The van der Waals surface area contributed by atoms with Crippen LogP contribution in [0.1, 0.15) is 55.0 Å². The van der Waals surface area contributed by atoms with Gasteiger partial charge in [0.05, 0.1) is 26.5 Å². The third-order valence-corrected chi connectivity index (χ3v) is 7.45. The van der Waals surface area contributed by atoms with Gasteiger partial charge in [-0.05, 0) is 64.7 Å². The lowest BCUT2D eigenvalue weighted by Gasteiger charge is -2.22. The minimum atomic E-state index is -0.503. The van der Waals surface area contributed by atoms with Crippen LogP contribution < -0.4 is 10.3 Å². The van der Waals surface area contributed by atoms with Gasteiger partial charge in [-0.2, -0.15) is 9.78 Å². The second kappa shape index (κ2) is 11.4. The fourth-order valence-electron chi connectivity index (χ4n) is 4.69. The third-order valence-electron chi connectivity index (χ3n) is 6.61. The molecule has 0 bridgehead atoms. The summed E-state index contributed by atoms with van der Waals surface area (Å²) in [6.07, 6.45) is 6.65. The fourth-order valence-corrected chi connectivity index (χ4v) is 5.40. The van der Waals surface area contributed by atoms with Gasteiger partial charge in [0, 0.05) is 22.6 Å². The van der Waals surface area contributed by atoms with Crippen molar-refractivity contribution >= 4 is 50.3 Å². The zero-order valence-corrected chi connectivity index (χ0v) is 22.7. The molecule has 1 aromatic heterocycles. The first kappa shape index (κ1) is 26.1. The number of aromatic nitrogens is 2. The van der Waals surface area contributed by atoms with E-state index in [9.17, 15) is 14.9 Å². The molecule has 1 saturated carbocycles. The maximum atomic E-state index is 13.4. The molecule has 0 saturated heterocycles. The quantitative estimate of drug-likeness (QED) is 0.127. The Balaban J connectivity index is 1.50. The van der Waals surface area contributed by atoms with Gasteiger partial charge in [-0.1, -0.05) is 55.1 Å². The summed E-state index contributed by atoms with van der Waals surface area (Å²) in [5.41, 5.74) is 1.43. The predicted octanol–water partition coefficient (Wildman–Crippen LogP) is 7.23. The lowest BCUT2D eigenvalue weighted by Crippen LogP contribution is -2.25. The Morgan fingerprint density at radius 2 is 1.87 bits per heavy atom. The van der Waals surface area contributed by atoms with Crippen molar-refractivity contribution < 1.29 is 9.66 Å². The van der Waals surface area contributed by atoms with Gasteiger partial charge in [0.2, 0.25) is 5.75 Å². The molecule has 1 aliphatic rings. The molecular weight excluding hydrogens is 572 g/mol. The first-order valence-corrected chi connectivity index (χ1v) is 13.5. The molecule has 194 valence electrons. The molecule has 5 rings (SSSR count). The highest BCUT2D eigenvalue weighted by Gasteiger charge is 2.23. The number of benzene rings is 3. The molecule has 1 heterocycles. The summed E-state index contributed by atoms with van der Waals surface area (Å²) in [4.78, 5) is 29.6. The van der Waals surface area contributed by atoms with E-state index in [0.717, 1.165) is 31.2 Å². The van der Waals surface area contributed by atoms with Crippen molar-refractivity contribution in [1.82, 2.24) is 9.66 Å². The van der Waals surface area contributed by atoms with E-state index in [1.165, 1.54) is 23.4 Å². The van der Waals surface area contributed by atoms with Crippen molar-refractivity contribution in [2.45, 2.75) is 44.6 Å². The van der Waals surface area contributed by atoms with Crippen LogP contribution in [-0.2, 0) is 6.61 Å². The first-order chi connectivity index (χ1) is 18.4. The highest BCUT2D eigenvalue weighted by atomic mass is 79.9. The van der Waals surface area contributed by atoms with E-state index < -0.39 is 4.92 Å². The number of hydrogen-bond donors (Lipinski definition) is 0. The van der Waals surface area contributed by atoms with E-state index >= 15 is 0 Å². The molecule has 0 atom stereocenters. The van der Waals surface area contributed by atoms with Crippen molar-refractivity contribution in [3.63, 3.8) is 0 Å². The van der Waals surface area contributed by atoms with Gasteiger partial charge in [0.15, 0.2) is 0 Å². The van der Waals surface area contributed by atoms with E-state index in [1.807, 2.05) is 12.1 Å². The van der Waals surface area contributed by atoms with Gasteiger partial charge in [-0.25, -0.2) is 4.98 Å². The van der Waals surface area contributed by atoms with Gasteiger partial charge in [0.1, 0.15) is 12.4 Å². The standard InChI is InChI=1S/C28H24BrClN4O4/c29-23-14-19(15-25(34(36)37)26(23)38-17-18-10-12-21(30)13-11-18)16-31-33-27(20-6-2-1-3-7-20)32-24-9-5-4-8-22(24)28(33)35/h4-5,8-16,20H,1-3,6-7,17H2. The minimum absolute atomic E-state index is 0.106. The number of hydrogen-bond acceptors (Lipinski definition) is 6.